The summed E-state index contributed by atoms with van der Waals surface area (Å²) in [4.78, 5) is 12.3. The molecule has 0 saturated carbocycles. The third-order valence-corrected chi connectivity index (χ3v) is 2.92. The lowest BCUT2D eigenvalue weighted by Crippen LogP contribution is -2.14. The van der Waals surface area contributed by atoms with Crippen LogP contribution in [0.2, 0.25) is 0 Å². The molecule has 2 aromatic rings. The molecule has 2 N–H and O–H groups in total. The van der Waals surface area contributed by atoms with E-state index in [1.807, 2.05) is 25.1 Å². The molecule has 0 heterocycles. The van der Waals surface area contributed by atoms with Crippen LogP contribution in [0.1, 0.15) is 21.5 Å². The maximum absolute atomic E-state index is 13.3. The Balaban J connectivity index is 2.33. The standard InChI is InChI=1S/C17H14FNO2/c1-12-5-2-3-7-16(12)19-17(21)15-9-8-14(18)11-13(15)6-4-10-20/h2-3,5,7-9,11,20H,10H2,1H3,(H,19,21). The number of anilines is 1. The van der Waals surface area contributed by atoms with Crippen molar-refractivity contribution in [3.05, 3.63) is 65.0 Å². The molecule has 0 fully saturated rings. The Hall–Kier alpha value is -2.64. The van der Waals surface area contributed by atoms with Crippen LogP contribution in [0.25, 0.3) is 0 Å². The third kappa shape index (κ3) is 3.68. The Morgan fingerprint density at radius 2 is 2.05 bits per heavy atom. The van der Waals surface area contributed by atoms with E-state index >= 15 is 0 Å². The highest BCUT2D eigenvalue weighted by Crippen LogP contribution is 2.17. The van der Waals surface area contributed by atoms with Crippen LogP contribution in [-0.4, -0.2) is 17.6 Å². The summed E-state index contributed by atoms with van der Waals surface area (Å²) in [6.07, 6.45) is 0. The van der Waals surface area contributed by atoms with Crippen LogP contribution in [0.5, 0.6) is 0 Å². The SMILES string of the molecule is Cc1ccccc1NC(=O)c1ccc(F)cc1C#CCO. The number of aliphatic hydroxyl groups is 1. The van der Waals surface area contributed by atoms with Gasteiger partial charge in [0.15, 0.2) is 0 Å². The number of benzene rings is 2. The van der Waals surface area contributed by atoms with Crippen LogP contribution in [0.3, 0.4) is 0 Å². The predicted molar refractivity (Wildman–Crippen MR) is 79.5 cm³/mol. The second-order valence-corrected chi connectivity index (χ2v) is 4.42. The molecule has 0 aromatic heterocycles. The summed E-state index contributed by atoms with van der Waals surface area (Å²) in [7, 11) is 0. The lowest BCUT2D eigenvalue weighted by atomic mass is 10.1. The lowest BCUT2D eigenvalue weighted by molar-refractivity contribution is 0.102. The highest BCUT2D eigenvalue weighted by molar-refractivity contribution is 6.06. The number of carbonyl (C=O) groups is 1. The minimum atomic E-state index is -0.482. The molecule has 1 amide bonds. The second-order valence-electron chi connectivity index (χ2n) is 4.42. The Labute approximate surface area is 122 Å². The first-order valence-electron chi connectivity index (χ1n) is 6.38. The van der Waals surface area contributed by atoms with Crippen LogP contribution >= 0.6 is 0 Å². The van der Waals surface area contributed by atoms with Gasteiger partial charge in [-0.15, -0.1) is 0 Å². The summed E-state index contributed by atoms with van der Waals surface area (Å²) in [5.41, 5.74) is 2.12. The Morgan fingerprint density at radius 3 is 2.76 bits per heavy atom. The first-order valence-corrected chi connectivity index (χ1v) is 6.38. The van der Waals surface area contributed by atoms with Crippen molar-refractivity contribution in [3.8, 4) is 11.8 Å². The van der Waals surface area contributed by atoms with Crippen LogP contribution in [0, 0.1) is 24.6 Å². The van der Waals surface area contributed by atoms with Crippen molar-refractivity contribution in [2.24, 2.45) is 0 Å². The maximum Gasteiger partial charge on any atom is 0.256 e. The van der Waals surface area contributed by atoms with Gasteiger partial charge in [0.05, 0.1) is 5.56 Å². The average Bonchev–Trinajstić information content (AvgIpc) is 2.47. The van der Waals surface area contributed by atoms with Gasteiger partial charge in [-0.1, -0.05) is 30.0 Å². The highest BCUT2D eigenvalue weighted by Gasteiger charge is 2.12. The third-order valence-electron chi connectivity index (χ3n) is 2.92. The molecule has 4 heteroatoms. The van der Waals surface area contributed by atoms with E-state index in [0.29, 0.717) is 5.69 Å². The van der Waals surface area contributed by atoms with Gasteiger partial charge in [0.2, 0.25) is 0 Å². The highest BCUT2D eigenvalue weighted by atomic mass is 19.1. The van der Waals surface area contributed by atoms with E-state index in [-0.39, 0.29) is 23.6 Å². The summed E-state index contributed by atoms with van der Waals surface area (Å²) >= 11 is 0. The zero-order chi connectivity index (χ0) is 15.2. The van der Waals surface area contributed by atoms with Gasteiger partial charge in [-0.3, -0.25) is 4.79 Å². The molecule has 0 spiro atoms. The van der Waals surface area contributed by atoms with Crippen molar-refractivity contribution < 1.29 is 14.3 Å². The number of nitrogens with one attached hydrogen (secondary N) is 1. The molecule has 21 heavy (non-hydrogen) atoms. The number of amides is 1. The Morgan fingerprint density at radius 1 is 1.29 bits per heavy atom. The van der Waals surface area contributed by atoms with Gasteiger partial charge >= 0.3 is 0 Å². The van der Waals surface area contributed by atoms with Crippen LogP contribution < -0.4 is 5.32 Å². The quantitative estimate of drug-likeness (QED) is 0.833. The average molecular weight is 283 g/mol. The second kappa shape index (κ2) is 6.69. The normalized spacial score (nSPS) is 9.67. The molecular formula is C17H14FNO2. The van der Waals surface area contributed by atoms with Crippen molar-refractivity contribution >= 4 is 11.6 Å². The molecule has 0 saturated heterocycles. The summed E-state index contributed by atoms with van der Waals surface area (Å²) in [5, 5.41) is 11.5. The Kier molecular flexibility index (Phi) is 4.70. The van der Waals surface area contributed by atoms with E-state index in [4.69, 9.17) is 5.11 Å². The van der Waals surface area contributed by atoms with Crippen LogP contribution in [0.15, 0.2) is 42.5 Å². The van der Waals surface area contributed by atoms with Crippen molar-refractivity contribution in [2.45, 2.75) is 6.92 Å². The lowest BCUT2D eigenvalue weighted by Gasteiger charge is -2.09. The topological polar surface area (TPSA) is 49.3 Å². The summed E-state index contributed by atoms with van der Waals surface area (Å²) in [5.74, 6) is 4.15. The number of para-hydroxylation sites is 1. The molecule has 0 radical (unpaired) electrons. The first-order chi connectivity index (χ1) is 10.1. The van der Waals surface area contributed by atoms with Gasteiger partial charge in [0, 0.05) is 11.3 Å². The zero-order valence-electron chi connectivity index (χ0n) is 11.5. The van der Waals surface area contributed by atoms with Crippen LogP contribution in [-0.2, 0) is 0 Å². The van der Waals surface area contributed by atoms with Gasteiger partial charge < -0.3 is 10.4 Å². The largest absolute Gasteiger partial charge is 0.384 e. The molecule has 0 aliphatic rings. The minimum Gasteiger partial charge on any atom is -0.384 e. The van der Waals surface area contributed by atoms with Gasteiger partial charge in [0.1, 0.15) is 12.4 Å². The molecule has 2 aromatic carbocycles. The molecule has 3 nitrogen and oxygen atoms in total. The number of rotatable bonds is 2. The smallest absolute Gasteiger partial charge is 0.256 e. The summed E-state index contributed by atoms with van der Waals surface area (Å²) in [6, 6.07) is 11.1. The van der Waals surface area contributed by atoms with E-state index in [1.54, 1.807) is 6.07 Å². The van der Waals surface area contributed by atoms with E-state index in [9.17, 15) is 9.18 Å². The van der Waals surface area contributed by atoms with Gasteiger partial charge in [-0.25, -0.2) is 4.39 Å². The number of carbonyl (C=O) groups excluding carboxylic acids is 1. The summed E-state index contributed by atoms with van der Waals surface area (Å²) in [6.45, 7) is 1.53. The monoisotopic (exact) mass is 283 g/mol. The molecule has 2 rings (SSSR count). The first kappa shape index (κ1) is 14.8. The van der Waals surface area contributed by atoms with Crippen LogP contribution in [0.4, 0.5) is 10.1 Å². The van der Waals surface area contributed by atoms with Crippen molar-refractivity contribution in [1.29, 1.82) is 0 Å². The Bertz CT molecular complexity index is 729. The van der Waals surface area contributed by atoms with Gasteiger partial charge in [-0.05, 0) is 36.8 Å². The van der Waals surface area contributed by atoms with Gasteiger partial charge in [-0.2, -0.15) is 0 Å². The molecule has 0 aliphatic carbocycles. The molecule has 0 aliphatic heterocycles. The number of hydrogen-bond acceptors (Lipinski definition) is 2. The number of aliphatic hydroxyl groups excluding tert-OH is 1. The summed E-state index contributed by atoms with van der Waals surface area (Å²) < 4.78 is 13.3. The molecule has 0 bridgehead atoms. The molecule has 0 atom stereocenters. The molecular weight excluding hydrogens is 269 g/mol. The number of hydrogen-bond donors (Lipinski definition) is 2. The molecule has 0 unspecified atom stereocenters. The van der Waals surface area contributed by atoms with Crippen molar-refractivity contribution in [3.63, 3.8) is 0 Å². The zero-order valence-corrected chi connectivity index (χ0v) is 11.5. The maximum atomic E-state index is 13.3. The van der Waals surface area contributed by atoms with Crippen molar-refractivity contribution in [2.75, 3.05) is 11.9 Å². The fraction of sp³-hybridized carbons (Fsp3) is 0.118. The number of aryl methyl sites for hydroxylation is 1. The fourth-order valence-corrected chi connectivity index (χ4v) is 1.86. The van der Waals surface area contributed by atoms with E-state index in [0.717, 1.165) is 5.56 Å². The minimum absolute atomic E-state index is 0.245. The van der Waals surface area contributed by atoms with E-state index < -0.39 is 5.82 Å². The number of halogens is 1. The van der Waals surface area contributed by atoms with Gasteiger partial charge in [0.25, 0.3) is 5.91 Å². The molecule has 106 valence electrons. The van der Waals surface area contributed by atoms with E-state index in [2.05, 4.69) is 17.2 Å². The van der Waals surface area contributed by atoms with Crippen molar-refractivity contribution in [1.82, 2.24) is 0 Å². The predicted octanol–water partition coefficient (Wildman–Crippen LogP) is 2.73. The van der Waals surface area contributed by atoms with E-state index in [1.165, 1.54) is 18.2 Å². The fourth-order valence-electron chi connectivity index (χ4n) is 1.86.